The quantitative estimate of drug-likeness (QED) is 0.268. The summed E-state index contributed by atoms with van der Waals surface area (Å²) in [7, 11) is 1.55. The number of hydrogen-bond donors (Lipinski definition) is 1. The van der Waals surface area contributed by atoms with Gasteiger partial charge >= 0.3 is 0 Å². The topological polar surface area (TPSA) is 66.8 Å². The molecule has 1 heterocycles. The second-order valence-corrected chi connectivity index (χ2v) is 9.84. The first kappa shape index (κ1) is 25.1. The third-order valence-electron chi connectivity index (χ3n) is 6.25. The number of hydrogen-bond acceptors (Lipinski definition) is 4. The third kappa shape index (κ3) is 4.37. The van der Waals surface area contributed by atoms with E-state index < -0.39 is 35.1 Å². The summed E-state index contributed by atoms with van der Waals surface area (Å²) in [6.45, 7) is 7.79. The van der Waals surface area contributed by atoms with Crippen molar-refractivity contribution >= 4 is 23.1 Å². The van der Waals surface area contributed by atoms with Crippen molar-refractivity contribution in [3.8, 4) is 5.75 Å². The van der Waals surface area contributed by atoms with E-state index in [0.29, 0.717) is 22.9 Å². The van der Waals surface area contributed by atoms with Gasteiger partial charge in [0.2, 0.25) is 0 Å². The van der Waals surface area contributed by atoms with Gasteiger partial charge in [0.15, 0.2) is 0 Å². The maximum Gasteiger partial charge on any atom is 0.300 e. The van der Waals surface area contributed by atoms with E-state index in [-0.39, 0.29) is 16.7 Å². The number of carbonyl (C=O) groups is 2. The van der Waals surface area contributed by atoms with Crippen molar-refractivity contribution in [2.45, 2.75) is 39.2 Å². The Balaban J connectivity index is 1.99. The number of rotatable bonds is 4. The van der Waals surface area contributed by atoms with E-state index in [1.807, 2.05) is 33.8 Å². The Kier molecular flexibility index (Phi) is 6.43. The molecule has 3 aromatic carbocycles. The molecule has 5 nitrogen and oxygen atoms in total. The summed E-state index contributed by atoms with van der Waals surface area (Å²) in [5, 5.41) is 11.4. The van der Waals surface area contributed by atoms with Crippen LogP contribution in [0.25, 0.3) is 5.76 Å². The second kappa shape index (κ2) is 9.22. The van der Waals surface area contributed by atoms with Gasteiger partial charge in [-0.3, -0.25) is 14.5 Å². The largest absolute Gasteiger partial charge is 0.507 e. The van der Waals surface area contributed by atoms with Gasteiger partial charge in [0.05, 0.1) is 24.4 Å². The molecule has 4 rings (SSSR count). The Hall–Kier alpha value is -4.00. The lowest BCUT2D eigenvalue weighted by atomic mass is 9.84. The van der Waals surface area contributed by atoms with E-state index in [0.717, 1.165) is 28.2 Å². The van der Waals surface area contributed by atoms with Crippen LogP contribution in [0.5, 0.6) is 5.75 Å². The molecule has 7 heteroatoms. The zero-order valence-electron chi connectivity index (χ0n) is 20.7. The fraction of sp³-hybridized carbons (Fsp3) is 0.241. The number of aryl methyl sites for hydroxylation is 1. The van der Waals surface area contributed by atoms with Crippen LogP contribution in [0.1, 0.15) is 49.1 Å². The van der Waals surface area contributed by atoms with E-state index in [9.17, 15) is 23.5 Å². The minimum atomic E-state index is -1.12. The monoisotopic (exact) mass is 491 g/mol. The number of benzene rings is 3. The Morgan fingerprint density at radius 2 is 1.72 bits per heavy atom. The van der Waals surface area contributed by atoms with Gasteiger partial charge in [0.1, 0.15) is 23.1 Å². The number of amides is 1. The predicted molar refractivity (Wildman–Crippen MR) is 134 cm³/mol. The van der Waals surface area contributed by atoms with Gasteiger partial charge in [-0.2, -0.15) is 0 Å². The molecule has 36 heavy (non-hydrogen) atoms. The highest BCUT2D eigenvalue weighted by Gasteiger charge is 2.47. The van der Waals surface area contributed by atoms with Crippen LogP contribution in [0.4, 0.5) is 14.5 Å². The van der Waals surface area contributed by atoms with Crippen molar-refractivity contribution in [1.82, 2.24) is 0 Å². The first-order valence-corrected chi connectivity index (χ1v) is 11.5. The summed E-state index contributed by atoms with van der Waals surface area (Å²) in [5.74, 6) is -3.56. The molecule has 0 aromatic heterocycles. The zero-order valence-corrected chi connectivity index (χ0v) is 20.7. The van der Waals surface area contributed by atoms with Crippen LogP contribution in [0.2, 0.25) is 0 Å². The summed E-state index contributed by atoms with van der Waals surface area (Å²) < 4.78 is 34.0. The van der Waals surface area contributed by atoms with Gasteiger partial charge in [-0.15, -0.1) is 0 Å². The number of halogens is 2. The van der Waals surface area contributed by atoms with Crippen molar-refractivity contribution in [2.24, 2.45) is 0 Å². The number of aliphatic hydroxyl groups excluding tert-OH is 1. The van der Waals surface area contributed by atoms with E-state index >= 15 is 0 Å². The van der Waals surface area contributed by atoms with Crippen LogP contribution in [0.15, 0.2) is 66.2 Å². The lowest BCUT2D eigenvalue weighted by Crippen LogP contribution is -2.30. The number of nitrogens with zero attached hydrogens (tertiary/aromatic N) is 1. The number of aliphatic hydroxyl groups is 1. The van der Waals surface area contributed by atoms with Crippen molar-refractivity contribution in [3.05, 3.63) is 100 Å². The molecular weight excluding hydrogens is 464 g/mol. The van der Waals surface area contributed by atoms with E-state index in [2.05, 4.69) is 0 Å². The minimum absolute atomic E-state index is 0.181. The maximum atomic E-state index is 14.9. The van der Waals surface area contributed by atoms with Crippen LogP contribution in [0.3, 0.4) is 0 Å². The fourth-order valence-electron chi connectivity index (χ4n) is 4.51. The van der Waals surface area contributed by atoms with Crippen molar-refractivity contribution in [3.63, 3.8) is 0 Å². The summed E-state index contributed by atoms with van der Waals surface area (Å²) in [6.07, 6.45) is 0. The second-order valence-electron chi connectivity index (χ2n) is 9.84. The molecule has 1 aliphatic heterocycles. The van der Waals surface area contributed by atoms with Gasteiger partial charge in [0, 0.05) is 17.2 Å². The van der Waals surface area contributed by atoms with Gasteiger partial charge in [-0.1, -0.05) is 50.6 Å². The standard InChI is InChI=1S/C29H27F2NO4/c1-16-7-6-8-17(13-16)25-24(26(33)18-9-12-23(36-5)20(14-18)29(2,3)4)27(34)28(35)32(25)22-11-10-19(30)15-21(22)31/h6-15,25,33H,1-5H3/b26-24-. The van der Waals surface area contributed by atoms with Crippen molar-refractivity contribution in [1.29, 1.82) is 0 Å². The summed E-state index contributed by atoms with van der Waals surface area (Å²) in [5.41, 5.74) is 1.67. The Labute approximate surface area is 208 Å². The van der Waals surface area contributed by atoms with Gasteiger partial charge in [-0.25, -0.2) is 8.78 Å². The zero-order chi connectivity index (χ0) is 26.4. The Morgan fingerprint density at radius 3 is 2.33 bits per heavy atom. The lowest BCUT2D eigenvalue weighted by molar-refractivity contribution is -0.132. The molecule has 1 unspecified atom stereocenters. The number of anilines is 1. The molecule has 1 aliphatic rings. The van der Waals surface area contributed by atoms with Crippen LogP contribution in [-0.4, -0.2) is 23.9 Å². The predicted octanol–water partition coefficient (Wildman–Crippen LogP) is 6.21. The highest BCUT2D eigenvalue weighted by molar-refractivity contribution is 6.51. The van der Waals surface area contributed by atoms with E-state index in [1.165, 1.54) is 0 Å². The molecule has 3 aromatic rings. The van der Waals surface area contributed by atoms with Crippen molar-refractivity contribution in [2.75, 3.05) is 12.0 Å². The molecule has 0 bridgehead atoms. The first-order chi connectivity index (χ1) is 16.9. The highest BCUT2D eigenvalue weighted by Crippen LogP contribution is 2.44. The fourth-order valence-corrected chi connectivity index (χ4v) is 4.51. The molecule has 1 fully saturated rings. The van der Waals surface area contributed by atoms with Gasteiger partial charge in [0.25, 0.3) is 11.7 Å². The third-order valence-corrected chi connectivity index (χ3v) is 6.25. The summed E-state index contributed by atoms with van der Waals surface area (Å²) >= 11 is 0. The maximum absolute atomic E-state index is 14.9. The molecule has 0 spiro atoms. The summed E-state index contributed by atoms with van der Waals surface area (Å²) in [6, 6.07) is 13.7. The number of ketones is 1. The minimum Gasteiger partial charge on any atom is -0.507 e. The van der Waals surface area contributed by atoms with Crippen LogP contribution in [-0.2, 0) is 15.0 Å². The smallest absolute Gasteiger partial charge is 0.300 e. The molecular formula is C29H27F2NO4. The van der Waals surface area contributed by atoms with Crippen LogP contribution in [0, 0.1) is 18.6 Å². The number of ether oxygens (including phenoxy) is 1. The highest BCUT2D eigenvalue weighted by atomic mass is 19.1. The Morgan fingerprint density at radius 1 is 1.00 bits per heavy atom. The van der Waals surface area contributed by atoms with Crippen LogP contribution < -0.4 is 9.64 Å². The lowest BCUT2D eigenvalue weighted by Gasteiger charge is -2.26. The summed E-state index contributed by atoms with van der Waals surface area (Å²) in [4.78, 5) is 27.5. The average molecular weight is 492 g/mol. The number of carbonyl (C=O) groups excluding carboxylic acids is 2. The SMILES string of the molecule is COc1ccc(/C(O)=C2/C(=O)C(=O)N(c3ccc(F)cc3F)C2c2cccc(C)c2)cc1C(C)(C)C. The molecule has 1 saturated heterocycles. The molecule has 1 N–H and O–H groups in total. The van der Waals surface area contributed by atoms with Gasteiger partial charge in [-0.05, 0) is 48.2 Å². The van der Waals surface area contributed by atoms with Crippen LogP contribution >= 0.6 is 0 Å². The molecule has 1 atom stereocenters. The van der Waals surface area contributed by atoms with E-state index in [4.69, 9.17) is 4.74 Å². The molecule has 0 saturated carbocycles. The Bertz CT molecular complexity index is 1400. The molecule has 186 valence electrons. The number of Topliss-reactive ketones (excluding diaryl/α,β-unsaturated/α-hetero) is 1. The normalized spacial score (nSPS) is 17.5. The van der Waals surface area contributed by atoms with Crippen molar-refractivity contribution < 1.29 is 28.2 Å². The van der Waals surface area contributed by atoms with Gasteiger partial charge < -0.3 is 9.84 Å². The molecule has 1 amide bonds. The molecule has 0 radical (unpaired) electrons. The number of methoxy groups -OCH3 is 1. The average Bonchev–Trinajstić information content (AvgIpc) is 3.08. The van der Waals surface area contributed by atoms with E-state index in [1.54, 1.807) is 43.5 Å². The first-order valence-electron chi connectivity index (χ1n) is 11.5. The molecule has 0 aliphatic carbocycles.